The number of aryl methyl sites for hydroxylation is 2. The van der Waals surface area contributed by atoms with Gasteiger partial charge in [-0.15, -0.1) is 0 Å². The van der Waals surface area contributed by atoms with Gasteiger partial charge in [-0.05, 0) is 56.1 Å². The van der Waals surface area contributed by atoms with Gasteiger partial charge in [0.25, 0.3) is 0 Å². The minimum Gasteiger partial charge on any atom is -0.393 e. The Morgan fingerprint density at radius 3 is 2.80 bits per heavy atom. The highest BCUT2D eigenvalue weighted by molar-refractivity contribution is 5.50. The Bertz CT molecular complexity index is 483. The van der Waals surface area contributed by atoms with Gasteiger partial charge in [0.1, 0.15) is 5.82 Å². The van der Waals surface area contributed by atoms with Gasteiger partial charge in [-0.2, -0.15) is 0 Å². The van der Waals surface area contributed by atoms with Crippen molar-refractivity contribution in [2.24, 2.45) is 11.7 Å². The molecule has 0 saturated heterocycles. The fourth-order valence-corrected chi connectivity index (χ4v) is 3.47. The highest BCUT2D eigenvalue weighted by Gasteiger charge is 2.29. The van der Waals surface area contributed by atoms with Gasteiger partial charge in [-0.25, -0.2) is 4.98 Å². The first-order valence-electron chi connectivity index (χ1n) is 7.78. The normalized spacial score (nSPS) is 24.9. The maximum absolute atomic E-state index is 9.41. The Hall–Kier alpha value is -1.13. The first-order chi connectivity index (χ1) is 9.67. The molecule has 1 aromatic heterocycles. The van der Waals surface area contributed by atoms with Gasteiger partial charge in [0.05, 0.1) is 6.10 Å². The number of hydrogen-bond acceptors (Lipinski definition) is 4. The van der Waals surface area contributed by atoms with Crippen molar-refractivity contribution in [3.63, 3.8) is 0 Å². The van der Waals surface area contributed by atoms with Crippen LogP contribution >= 0.6 is 0 Å². The van der Waals surface area contributed by atoms with E-state index in [0.717, 1.165) is 43.6 Å². The van der Waals surface area contributed by atoms with Crippen molar-refractivity contribution in [3.05, 3.63) is 22.9 Å². The molecule has 1 heterocycles. The van der Waals surface area contributed by atoms with Crippen LogP contribution < -0.4 is 10.6 Å². The lowest BCUT2D eigenvalue weighted by Crippen LogP contribution is -2.38. The smallest absolute Gasteiger partial charge is 0.133 e. The van der Waals surface area contributed by atoms with E-state index in [1.165, 1.54) is 24.1 Å². The van der Waals surface area contributed by atoms with Crippen LogP contribution in [-0.4, -0.2) is 29.8 Å². The van der Waals surface area contributed by atoms with E-state index in [1.807, 2.05) is 0 Å². The number of fused-ring (bicyclic) bond motifs is 1. The van der Waals surface area contributed by atoms with E-state index >= 15 is 0 Å². The predicted octanol–water partition coefficient (Wildman–Crippen LogP) is 1.63. The molecule has 0 radical (unpaired) electrons. The number of aliphatic hydroxyl groups excluding tert-OH is 1. The third kappa shape index (κ3) is 2.67. The molecular weight excluding hydrogens is 250 g/mol. The maximum atomic E-state index is 9.41. The summed E-state index contributed by atoms with van der Waals surface area (Å²) >= 11 is 0. The third-order valence-corrected chi connectivity index (χ3v) is 4.68. The summed E-state index contributed by atoms with van der Waals surface area (Å²) in [6, 6.07) is 2.27. The summed E-state index contributed by atoms with van der Waals surface area (Å²) in [4.78, 5) is 7.13. The van der Waals surface area contributed by atoms with Crippen LogP contribution in [0.5, 0.6) is 0 Å². The van der Waals surface area contributed by atoms with Gasteiger partial charge in [0, 0.05) is 31.4 Å². The topological polar surface area (TPSA) is 62.4 Å². The van der Waals surface area contributed by atoms with E-state index in [1.54, 1.807) is 0 Å². The Morgan fingerprint density at radius 1 is 1.35 bits per heavy atom. The molecule has 2 aliphatic carbocycles. The van der Waals surface area contributed by atoms with Crippen LogP contribution in [0.1, 0.15) is 42.5 Å². The van der Waals surface area contributed by atoms with Gasteiger partial charge in [-0.3, -0.25) is 0 Å². The zero-order chi connectivity index (χ0) is 14.1. The van der Waals surface area contributed by atoms with E-state index in [-0.39, 0.29) is 6.10 Å². The number of nitrogens with two attached hydrogens (primary N) is 1. The van der Waals surface area contributed by atoms with Gasteiger partial charge < -0.3 is 15.7 Å². The van der Waals surface area contributed by atoms with Crippen molar-refractivity contribution in [1.82, 2.24) is 4.98 Å². The molecule has 1 saturated carbocycles. The Labute approximate surface area is 121 Å². The second-order valence-electron chi connectivity index (χ2n) is 6.36. The van der Waals surface area contributed by atoms with Crippen molar-refractivity contribution in [1.29, 1.82) is 0 Å². The number of rotatable bonds is 4. The molecule has 0 aromatic carbocycles. The fraction of sp³-hybridized carbons (Fsp3) is 0.688. The lowest BCUT2D eigenvalue weighted by Gasteiger charge is -2.35. The van der Waals surface area contributed by atoms with Crippen LogP contribution in [0.2, 0.25) is 0 Å². The van der Waals surface area contributed by atoms with E-state index in [0.29, 0.717) is 12.5 Å². The second-order valence-corrected chi connectivity index (χ2v) is 6.36. The molecule has 0 spiro atoms. The monoisotopic (exact) mass is 275 g/mol. The molecule has 3 N–H and O–H groups in total. The zero-order valence-corrected chi connectivity index (χ0v) is 12.3. The summed E-state index contributed by atoms with van der Waals surface area (Å²) in [6.07, 6.45) is 6.53. The van der Waals surface area contributed by atoms with E-state index in [2.05, 4.69) is 18.0 Å². The third-order valence-electron chi connectivity index (χ3n) is 4.68. The lowest BCUT2D eigenvalue weighted by molar-refractivity contribution is 0.0464. The van der Waals surface area contributed by atoms with Crippen LogP contribution in [0.4, 0.5) is 5.82 Å². The number of hydrogen-bond donors (Lipinski definition) is 2. The van der Waals surface area contributed by atoms with Gasteiger partial charge in [0.15, 0.2) is 0 Å². The highest BCUT2D eigenvalue weighted by Crippen LogP contribution is 2.31. The lowest BCUT2D eigenvalue weighted by atomic mass is 9.82. The number of anilines is 1. The molecule has 0 atom stereocenters. The van der Waals surface area contributed by atoms with Crippen LogP contribution in [0.3, 0.4) is 0 Å². The molecule has 1 aromatic rings. The molecule has 0 unspecified atom stereocenters. The summed E-state index contributed by atoms with van der Waals surface area (Å²) in [5.41, 5.74) is 9.74. The quantitative estimate of drug-likeness (QED) is 0.876. The second kappa shape index (κ2) is 5.70. The van der Waals surface area contributed by atoms with E-state index in [9.17, 15) is 5.11 Å². The summed E-state index contributed by atoms with van der Waals surface area (Å²) in [5.74, 6) is 1.65. The average molecular weight is 275 g/mol. The SMILES string of the molecule is CN(CC1CC(O)C1)c1nc2c(cc1CN)CCCC2. The molecule has 20 heavy (non-hydrogen) atoms. The van der Waals surface area contributed by atoms with Crippen LogP contribution in [0, 0.1) is 5.92 Å². The van der Waals surface area contributed by atoms with Crippen LogP contribution in [0.15, 0.2) is 6.07 Å². The van der Waals surface area contributed by atoms with Crippen molar-refractivity contribution < 1.29 is 5.11 Å². The largest absolute Gasteiger partial charge is 0.393 e. The van der Waals surface area contributed by atoms with Crippen molar-refractivity contribution in [2.45, 2.75) is 51.2 Å². The number of aliphatic hydroxyl groups is 1. The summed E-state index contributed by atoms with van der Waals surface area (Å²) in [7, 11) is 2.10. The number of aromatic nitrogens is 1. The number of nitrogens with zero attached hydrogens (tertiary/aromatic N) is 2. The maximum Gasteiger partial charge on any atom is 0.133 e. The molecule has 2 aliphatic rings. The van der Waals surface area contributed by atoms with Gasteiger partial charge >= 0.3 is 0 Å². The number of pyridine rings is 1. The van der Waals surface area contributed by atoms with Crippen LogP contribution in [0.25, 0.3) is 0 Å². The predicted molar refractivity (Wildman–Crippen MR) is 80.8 cm³/mol. The molecule has 1 fully saturated rings. The standard InChI is InChI=1S/C16H25N3O/c1-19(10-11-6-14(20)7-11)16-13(9-17)8-12-4-2-3-5-15(12)18-16/h8,11,14,20H,2-7,9-10,17H2,1H3. The molecule has 0 aliphatic heterocycles. The molecule has 0 amide bonds. The first-order valence-corrected chi connectivity index (χ1v) is 7.78. The molecule has 4 heteroatoms. The Morgan fingerprint density at radius 2 is 2.10 bits per heavy atom. The Balaban J connectivity index is 1.79. The van der Waals surface area contributed by atoms with E-state index < -0.39 is 0 Å². The van der Waals surface area contributed by atoms with Gasteiger partial charge in [0.2, 0.25) is 0 Å². The zero-order valence-electron chi connectivity index (χ0n) is 12.3. The molecule has 0 bridgehead atoms. The van der Waals surface area contributed by atoms with Crippen molar-refractivity contribution in [2.75, 3.05) is 18.5 Å². The highest BCUT2D eigenvalue weighted by atomic mass is 16.3. The minimum absolute atomic E-state index is 0.0844. The van der Waals surface area contributed by atoms with E-state index in [4.69, 9.17) is 10.7 Å². The summed E-state index contributed by atoms with van der Waals surface area (Å²) in [6.45, 7) is 1.52. The van der Waals surface area contributed by atoms with Crippen LogP contribution in [-0.2, 0) is 19.4 Å². The van der Waals surface area contributed by atoms with Gasteiger partial charge in [-0.1, -0.05) is 0 Å². The fourth-order valence-electron chi connectivity index (χ4n) is 3.47. The molecular formula is C16H25N3O. The molecule has 4 nitrogen and oxygen atoms in total. The first kappa shape index (κ1) is 13.8. The van der Waals surface area contributed by atoms with Crippen molar-refractivity contribution in [3.8, 4) is 0 Å². The molecule has 3 rings (SSSR count). The summed E-state index contributed by atoms with van der Waals surface area (Å²) < 4.78 is 0. The Kier molecular flexibility index (Phi) is 3.94. The van der Waals surface area contributed by atoms with Crippen molar-refractivity contribution >= 4 is 5.82 Å². The summed E-state index contributed by atoms with van der Waals surface area (Å²) in [5, 5.41) is 9.41. The molecule has 110 valence electrons. The minimum atomic E-state index is -0.0844. The average Bonchev–Trinajstić information content (AvgIpc) is 2.44.